The van der Waals surface area contributed by atoms with E-state index >= 15 is 0 Å². The van der Waals surface area contributed by atoms with E-state index in [-0.39, 0.29) is 17.1 Å². The number of carbonyl (C=O) groups excluding carboxylic acids is 2. The molecule has 17 heteroatoms. The normalized spacial score (nSPS) is 13.7. The first-order valence-corrected chi connectivity index (χ1v) is 21.4. The summed E-state index contributed by atoms with van der Waals surface area (Å²) >= 11 is 5.69. The van der Waals surface area contributed by atoms with Crippen molar-refractivity contribution in [1.29, 1.82) is 10.5 Å². The Hall–Kier alpha value is -7.63. The fourth-order valence-electron chi connectivity index (χ4n) is 6.72. The van der Waals surface area contributed by atoms with Gasteiger partial charge in [-0.05, 0) is 122 Å². The van der Waals surface area contributed by atoms with E-state index in [0.29, 0.717) is 41.7 Å². The molecule has 6 aromatic rings. The zero-order valence-corrected chi connectivity index (χ0v) is 37.1. The molecule has 4 aromatic carbocycles. The van der Waals surface area contributed by atoms with E-state index in [1.807, 2.05) is 82.6 Å². The Kier molecular flexibility index (Phi) is 17.1. The summed E-state index contributed by atoms with van der Waals surface area (Å²) in [4.78, 5) is 49.6. The second-order valence-corrected chi connectivity index (χ2v) is 15.7. The molecule has 8 rings (SSSR count). The Morgan fingerprint density at radius 3 is 1.54 bits per heavy atom. The number of benzene rings is 4. The summed E-state index contributed by atoms with van der Waals surface area (Å²) in [6, 6.07) is 37.5. The number of aromatic nitrogens is 4. The van der Waals surface area contributed by atoms with Crippen molar-refractivity contribution in [2.45, 2.75) is 12.8 Å². The quantitative estimate of drug-likeness (QED) is 0.0806. The molecule has 2 fully saturated rings. The maximum Gasteiger partial charge on any atom is 0.253 e. The molecule has 65 heavy (non-hydrogen) atoms. The molecule has 0 radical (unpaired) electrons. The van der Waals surface area contributed by atoms with Gasteiger partial charge in [0.2, 0.25) is 11.2 Å². The lowest BCUT2D eigenvalue weighted by atomic mass is 10.1. The van der Waals surface area contributed by atoms with Gasteiger partial charge in [0, 0.05) is 98.6 Å². The van der Waals surface area contributed by atoms with Crippen molar-refractivity contribution in [1.82, 2.24) is 39.5 Å². The molecule has 0 saturated carbocycles. The summed E-state index contributed by atoms with van der Waals surface area (Å²) in [5, 5.41) is 27.2. The van der Waals surface area contributed by atoms with Crippen molar-refractivity contribution in [3.8, 4) is 12.1 Å². The Morgan fingerprint density at radius 1 is 0.600 bits per heavy atom. The summed E-state index contributed by atoms with van der Waals surface area (Å²) in [5.41, 5.74) is 12.1. The van der Waals surface area contributed by atoms with E-state index in [0.717, 1.165) is 86.1 Å². The number of rotatable bonds is 10. The molecule has 5 N–H and O–H groups in total. The Labute approximate surface area is 384 Å². The largest absolute Gasteiger partial charge is 0.399 e. The number of nitrogens with zero attached hydrogens (tertiary/aromatic N) is 10. The van der Waals surface area contributed by atoms with Gasteiger partial charge in [0.1, 0.15) is 11.6 Å². The lowest BCUT2D eigenvalue weighted by Crippen LogP contribution is -2.47. The average Bonchev–Trinajstić information content (AvgIpc) is 3.31. The van der Waals surface area contributed by atoms with Crippen LogP contribution in [0.25, 0.3) is 0 Å². The highest BCUT2D eigenvalue weighted by atomic mass is 35.5. The molecule has 2 amide bonds. The molecule has 4 heterocycles. The van der Waals surface area contributed by atoms with Crippen molar-refractivity contribution in [2.24, 2.45) is 0 Å². The van der Waals surface area contributed by atoms with E-state index in [2.05, 4.69) is 71.9 Å². The van der Waals surface area contributed by atoms with Crippen LogP contribution in [-0.4, -0.2) is 118 Å². The number of hydrogen-bond acceptors (Lipinski definition) is 14. The molecular weight excluding hydrogens is 840 g/mol. The molecule has 0 spiro atoms. The van der Waals surface area contributed by atoms with Crippen LogP contribution in [0, 0.1) is 22.7 Å². The monoisotopic (exact) mass is 890 g/mol. The van der Waals surface area contributed by atoms with Gasteiger partial charge in [-0.15, -0.1) is 0 Å². The standard InChI is InChI=1S/C24H25N7O.C12H9ClN4.C12H17N3O/c1-30-13-15-31(16-14-30)23(32)19-5-7-20(8-6-19)28-24-26-12-10-22(29-24)27-21-4-2-3-18(17-21)9-11-25;13-12-15-7-5-11(17-12)16-10-3-1-2-9(8-10)4-6-14;1-14-6-8-15(9-7-14)12(16)10-2-4-11(13)5-3-10/h2-8,10,12,17H,9,13-16H2,1H3,(H2,26,27,28,29);1-3,5,7-8H,4H2,(H,15,16,17);2-5H,6-9,13H2,1H3. The number of likely N-dealkylation sites (N-methyl/N-ethyl adjacent to an activating group) is 2. The highest BCUT2D eigenvalue weighted by Crippen LogP contribution is 2.21. The predicted octanol–water partition coefficient (Wildman–Crippen LogP) is 7.01. The third kappa shape index (κ3) is 14.7. The van der Waals surface area contributed by atoms with Gasteiger partial charge in [-0.3, -0.25) is 9.59 Å². The van der Waals surface area contributed by atoms with Crippen LogP contribution < -0.4 is 21.7 Å². The van der Waals surface area contributed by atoms with Crippen molar-refractivity contribution >= 4 is 63.7 Å². The number of hydrogen-bond donors (Lipinski definition) is 4. The number of carbonyl (C=O) groups is 2. The number of halogens is 1. The molecule has 2 aliphatic rings. The number of nitrogen functional groups attached to an aromatic ring is 1. The number of nitrogens with two attached hydrogens (primary N) is 1. The molecule has 2 aliphatic heterocycles. The second kappa shape index (κ2) is 23.7. The lowest BCUT2D eigenvalue weighted by Gasteiger charge is -2.32. The van der Waals surface area contributed by atoms with Crippen LogP contribution in [0.1, 0.15) is 31.8 Å². The van der Waals surface area contributed by atoms with Crippen molar-refractivity contribution in [2.75, 3.05) is 88.1 Å². The zero-order valence-electron chi connectivity index (χ0n) is 36.4. The van der Waals surface area contributed by atoms with E-state index in [1.165, 1.54) is 0 Å². The van der Waals surface area contributed by atoms with Crippen LogP contribution in [-0.2, 0) is 12.8 Å². The number of anilines is 7. The van der Waals surface area contributed by atoms with Gasteiger partial charge in [0.15, 0.2) is 0 Å². The minimum Gasteiger partial charge on any atom is -0.399 e. The first-order valence-electron chi connectivity index (χ1n) is 21.0. The number of amides is 2. The van der Waals surface area contributed by atoms with Crippen LogP contribution >= 0.6 is 11.6 Å². The Balaban J connectivity index is 0.000000178. The van der Waals surface area contributed by atoms with Gasteiger partial charge >= 0.3 is 0 Å². The molecule has 0 bridgehead atoms. The first kappa shape index (κ1) is 46.9. The van der Waals surface area contributed by atoms with Crippen LogP contribution in [0.4, 0.5) is 40.3 Å². The summed E-state index contributed by atoms with van der Waals surface area (Å²) in [5.74, 6) is 1.87. The van der Waals surface area contributed by atoms with E-state index in [4.69, 9.17) is 27.9 Å². The third-order valence-electron chi connectivity index (χ3n) is 10.4. The van der Waals surface area contributed by atoms with Gasteiger partial charge in [0.05, 0.1) is 25.0 Å². The molecular formula is C48H51ClN14O2. The summed E-state index contributed by atoms with van der Waals surface area (Å²) in [7, 11) is 4.14. The topological polar surface area (TPSA) is 208 Å². The summed E-state index contributed by atoms with van der Waals surface area (Å²) in [6.07, 6.45) is 4.00. The van der Waals surface area contributed by atoms with Gasteiger partial charge < -0.3 is 41.3 Å². The third-order valence-corrected chi connectivity index (χ3v) is 10.6. The second-order valence-electron chi connectivity index (χ2n) is 15.3. The molecule has 0 atom stereocenters. The minimum atomic E-state index is 0.0609. The van der Waals surface area contributed by atoms with E-state index in [1.54, 1.807) is 48.8 Å². The highest BCUT2D eigenvalue weighted by Gasteiger charge is 2.21. The van der Waals surface area contributed by atoms with Gasteiger partial charge in [-0.25, -0.2) is 15.0 Å². The smallest absolute Gasteiger partial charge is 0.253 e. The summed E-state index contributed by atoms with van der Waals surface area (Å²) in [6.45, 7) is 6.80. The van der Waals surface area contributed by atoms with Crippen LogP contribution in [0.5, 0.6) is 0 Å². The molecule has 332 valence electrons. The van der Waals surface area contributed by atoms with Crippen molar-refractivity contribution in [3.63, 3.8) is 0 Å². The lowest BCUT2D eigenvalue weighted by molar-refractivity contribution is 0.0657. The zero-order chi connectivity index (χ0) is 46.0. The first-order chi connectivity index (χ1) is 31.5. The van der Waals surface area contributed by atoms with E-state index < -0.39 is 0 Å². The predicted molar refractivity (Wildman–Crippen MR) is 255 cm³/mol. The van der Waals surface area contributed by atoms with Gasteiger partial charge in [-0.2, -0.15) is 15.5 Å². The van der Waals surface area contributed by atoms with Crippen molar-refractivity contribution in [3.05, 3.63) is 149 Å². The summed E-state index contributed by atoms with van der Waals surface area (Å²) < 4.78 is 0. The van der Waals surface area contributed by atoms with Crippen LogP contribution in [0.15, 0.2) is 122 Å². The van der Waals surface area contributed by atoms with Crippen molar-refractivity contribution < 1.29 is 9.59 Å². The number of nitrogens with one attached hydrogen (secondary N) is 3. The Morgan fingerprint density at radius 2 is 1.06 bits per heavy atom. The average molecular weight is 891 g/mol. The number of piperazine rings is 2. The maximum atomic E-state index is 12.7. The Bertz CT molecular complexity index is 2580. The molecule has 2 aromatic heterocycles. The fourth-order valence-corrected chi connectivity index (χ4v) is 6.87. The number of nitriles is 2. The van der Waals surface area contributed by atoms with Gasteiger partial charge in [0.25, 0.3) is 11.8 Å². The highest BCUT2D eigenvalue weighted by molar-refractivity contribution is 6.28. The molecule has 16 nitrogen and oxygen atoms in total. The van der Waals surface area contributed by atoms with Crippen LogP contribution in [0.3, 0.4) is 0 Å². The SMILES string of the molecule is CN1CCN(C(=O)c2ccc(N)cc2)CC1.CN1CCN(C(=O)c2ccc(Nc3nccc(Nc4cccc(CC#N)c4)n3)cc2)CC1.N#CCc1cccc(Nc2ccnc(Cl)n2)c1. The fraction of sp³-hybridized carbons (Fsp3) is 0.250. The molecule has 0 aliphatic carbocycles. The van der Waals surface area contributed by atoms with Crippen LogP contribution in [0.2, 0.25) is 5.28 Å². The van der Waals surface area contributed by atoms with E-state index in [9.17, 15) is 9.59 Å². The maximum absolute atomic E-state index is 12.7. The molecule has 0 unspecified atom stereocenters. The minimum absolute atomic E-state index is 0.0609. The molecule has 2 saturated heterocycles. The van der Waals surface area contributed by atoms with Gasteiger partial charge in [-0.1, -0.05) is 24.3 Å².